The second-order valence-corrected chi connectivity index (χ2v) is 5.19. The van der Waals surface area contributed by atoms with Crippen molar-refractivity contribution in [3.05, 3.63) is 35.9 Å². The first-order valence-electron chi connectivity index (χ1n) is 7.49. The van der Waals surface area contributed by atoms with E-state index in [4.69, 9.17) is 4.74 Å². The van der Waals surface area contributed by atoms with E-state index in [1.807, 2.05) is 18.2 Å². The largest absolute Gasteiger partial charge is 0.377 e. The Hall–Kier alpha value is -1.39. The highest BCUT2D eigenvalue weighted by Gasteiger charge is 2.20. The molecule has 1 unspecified atom stereocenters. The summed E-state index contributed by atoms with van der Waals surface area (Å²) in [5.74, 6) is 0.146. The molecule has 1 aromatic carbocycles. The van der Waals surface area contributed by atoms with Gasteiger partial charge in [-0.25, -0.2) is 0 Å². The molecule has 0 spiro atoms. The Morgan fingerprint density at radius 3 is 2.90 bits per heavy atom. The van der Waals surface area contributed by atoms with Crippen molar-refractivity contribution in [3.8, 4) is 0 Å². The van der Waals surface area contributed by atoms with Crippen LogP contribution in [0.15, 0.2) is 30.3 Å². The lowest BCUT2D eigenvalue weighted by Crippen LogP contribution is -2.40. The molecule has 20 heavy (non-hydrogen) atoms. The summed E-state index contributed by atoms with van der Waals surface area (Å²) in [6, 6.07) is 10.2. The van der Waals surface area contributed by atoms with Gasteiger partial charge in [-0.05, 0) is 37.8 Å². The molecule has 2 N–H and O–H groups in total. The van der Waals surface area contributed by atoms with E-state index in [-0.39, 0.29) is 11.9 Å². The fraction of sp³-hybridized carbons (Fsp3) is 0.562. The highest BCUT2D eigenvalue weighted by molar-refractivity contribution is 5.81. The number of unbranched alkanes of at least 4 members (excludes halogenated alkanes) is 1. The molecule has 0 radical (unpaired) electrons. The SMILES string of the molecule is O=C(NCCCCOCc1ccccc1)C1CCCN1. The van der Waals surface area contributed by atoms with E-state index in [0.29, 0.717) is 6.61 Å². The lowest BCUT2D eigenvalue weighted by atomic mass is 10.2. The Morgan fingerprint density at radius 1 is 1.30 bits per heavy atom. The monoisotopic (exact) mass is 276 g/mol. The first-order chi connectivity index (χ1) is 9.86. The summed E-state index contributed by atoms with van der Waals surface area (Å²) in [7, 11) is 0. The Morgan fingerprint density at radius 2 is 2.15 bits per heavy atom. The average Bonchev–Trinajstić information content (AvgIpc) is 3.01. The van der Waals surface area contributed by atoms with Gasteiger partial charge < -0.3 is 15.4 Å². The molecule has 0 saturated carbocycles. The van der Waals surface area contributed by atoms with E-state index in [0.717, 1.165) is 45.4 Å². The number of benzene rings is 1. The van der Waals surface area contributed by atoms with Crippen molar-refractivity contribution in [2.75, 3.05) is 19.7 Å². The van der Waals surface area contributed by atoms with Gasteiger partial charge >= 0.3 is 0 Å². The number of amides is 1. The summed E-state index contributed by atoms with van der Waals surface area (Å²) in [5.41, 5.74) is 1.20. The summed E-state index contributed by atoms with van der Waals surface area (Å²) in [4.78, 5) is 11.7. The quantitative estimate of drug-likeness (QED) is 0.713. The molecule has 1 aliphatic heterocycles. The summed E-state index contributed by atoms with van der Waals surface area (Å²) in [6.07, 6.45) is 4.01. The molecular formula is C16H24N2O2. The third kappa shape index (κ3) is 5.31. The second kappa shape index (κ2) is 8.72. The van der Waals surface area contributed by atoms with Gasteiger partial charge in [-0.1, -0.05) is 30.3 Å². The highest BCUT2D eigenvalue weighted by Crippen LogP contribution is 2.04. The topological polar surface area (TPSA) is 50.4 Å². The van der Waals surface area contributed by atoms with Gasteiger partial charge in [0.25, 0.3) is 0 Å². The van der Waals surface area contributed by atoms with Crippen LogP contribution in [-0.4, -0.2) is 31.6 Å². The third-order valence-electron chi connectivity index (χ3n) is 3.50. The van der Waals surface area contributed by atoms with Crippen molar-refractivity contribution in [2.24, 2.45) is 0 Å². The smallest absolute Gasteiger partial charge is 0.237 e. The molecule has 2 rings (SSSR count). The molecule has 4 nitrogen and oxygen atoms in total. The molecule has 1 aliphatic rings. The van der Waals surface area contributed by atoms with Crippen LogP contribution in [-0.2, 0) is 16.1 Å². The zero-order valence-electron chi connectivity index (χ0n) is 11.9. The van der Waals surface area contributed by atoms with E-state index < -0.39 is 0 Å². The molecule has 4 heteroatoms. The molecule has 1 heterocycles. The van der Waals surface area contributed by atoms with Gasteiger partial charge in [0, 0.05) is 13.2 Å². The van der Waals surface area contributed by atoms with Crippen LogP contribution in [0, 0.1) is 0 Å². The van der Waals surface area contributed by atoms with Crippen molar-refractivity contribution < 1.29 is 9.53 Å². The predicted molar refractivity (Wildman–Crippen MR) is 79.4 cm³/mol. The molecule has 0 bridgehead atoms. The Balaban J connectivity index is 1.44. The van der Waals surface area contributed by atoms with Gasteiger partial charge in [0.1, 0.15) is 0 Å². The van der Waals surface area contributed by atoms with Crippen LogP contribution < -0.4 is 10.6 Å². The Labute approximate surface area is 120 Å². The molecule has 110 valence electrons. The van der Waals surface area contributed by atoms with Crippen molar-refractivity contribution in [1.29, 1.82) is 0 Å². The van der Waals surface area contributed by atoms with Crippen LogP contribution in [0.3, 0.4) is 0 Å². The Bertz CT molecular complexity index is 389. The van der Waals surface area contributed by atoms with Crippen molar-refractivity contribution in [3.63, 3.8) is 0 Å². The standard InChI is InChI=1S/C16H24N2O2/c19-16(15-9-6-11-17-15)18-10-4-5-12-20-13-14-7-2-1-3-8-14/h1-3,7-8,15,17H,4-6,9-13H2,(H,18,19). The van der Waals surface area contributed by atoms with Gasteiger partial charge in [0.05, 0.1) is 12.6 Å². The lowest BCUT2D eigenvalue weighted by Gasteiger charge is -2.10. The maximum absolute atomic E-state index is 11.7. The summed E-state index contributed by atoms with van der Waals surface area (Å²) < 4.78 is 5.60. The minimum absolute atomic E-state index is 0.0318. The Kier molecular flexibility index (Phi) is 6.54. The average molecular weight is 276 g/mol. The predicted octanol–water partition coefficient (Wildman–Crippen LogP) is 1.85. The summed E-state index contributed by atoms with van der Waals surface area (Å²) in [5, 5.41) is 6.18. The third-order valence-corrected chi connectivity index (χ3v) is 3.50. The van der Waals surface area contributed by atoms with Gasteiger partial charge in [0.2, 0.25) is 5.91 Å². The molecule has 1 saturated heterocycles. The van der Waals surface area contributed by atoms with Gasteiger partial charge in [0.15, 0.2) is 0 Å². The number of rotatable bonds is 8. The number of hydrogen-bond acceptors (Lipinski definition) is 3. The minimum atomic E-state index is 0.0318. The van der Waals surface area contributed by atoms with Crippen LogP contribution >= 0.6 is 0 Å². The lowest BCUT2D eigenvalue weighted by molar-refractivity contribution is -0.122. The van der Waals surface area contributed by atoms with Crippen molar-refractivity contribution in [2.45, 2.75) is 38.3 Å². The van der Waals surface area contributed by atoms with Crippen LogP contribution in [0.2, 0.25) is 0 Å². The zero-order valence-corrected chi connectivity index (χ0v) is 11.9. The van der Waals surface area contributed by atoms with E-state index in [2.05, 4.69) is 22.8 Å². The number of carbonyl (C=O) groups excluding carboxylic acids is 1. The fourth-order valence-corrected chi connectivity index (χ4v) is 2.34. The maximum atomic E-state index is 11.7. The summed E-state index contributed by atoms with van der Waals surface area (Å²) >= 11 is 0. The van der Waals surface area contributed by atoms with Crippen LogP contribution in [0.25, 0.3) is 0 Å². The van der Waals surface area contributed by atoms with Gasteiger partial charge in [-0.3, -0.25) is 4.79 Å². The molecule has 1 aromatic rings. The maximum Gasteiger partial charge on any atom is 0.237 e. The molecule has 1 amide bonds. The number of carbonyl (C=O) groups is 1. The van der Waals surface area contributed by atoms with E-state index >= 15 is 0 Å². The molecule has 1 atom stereocenters. The second-order valence-electron chi connectivity index (χ2n) is 5.19. The van der Waals surface area contributed by atoms with E-state index in [1.165, 1.54) is 5.56 Å². The first-order valence-corrected chi connectivity index (χ1v) is 7.49. The van der Waals surface area contributed by atoms with Crippen molar-refractivity contribution >= 4 is 5.91 Å². The fourth-order valence-electron chi connectivity index (χ4n) is 2.34. The highest BCUT2D eigenvalue weighted by atomic mass is 16.5. The van der Waals surface area contributed by atoms with E-state index in [9.17, 15) is 4.79 Å². The van der Waals surface area contributed by atoms with Crippen LogP contribution in [0.5, 0.6) is 0 Å². The molecular weight excluding hydrogens is 252 g/mol. The molecule has 0 aromatic heterocycles. The van der Waals surface area contributed by atoms with E-state index in [1.54, 1.807) is 0 Å². The number of nitrogens with one attached hydrogen (secondary N) is 2. The number of hydrogen-bond donors (Lipinski definition) is 2. The van der Waals surface area contributed by atoms with Gasteiger partial charge in [-0.15, -0.1) is 0 Å². The van der Waals surface area contributed by atoms with Crippen LogP contribution in [0.4, 0.5) is 0 Å². The molecule has 0 aliphatic carbocycles. The van der Waals surface area contributed by atoms with Crippen LogP contribution in [0.1, 0.15) is 31.2 Å². The van der Waals surface area contributed by atoms with Crippen molar-refractivity contribution in [1.82, 2.24) is 10.6 Å². The zero-order chi connectivity index (χ0) is 14.0. The minimum Gasteiger partial charge on any atom is -0.377 e. The van der Waals surface area contributed by atoms with Gasteiger partial charge in [-0.2, -0.15) is 0 Å². The normalized spacial score (nSPS) is 18.1. The number of ether oxygens (including phenoxy) is 1. The first kappa shape index (κ1) is 15.0. The summed E-state index contributed by atoms with van der Waals surface area (Å²) in [6.45, 7) is 3.11. The molecule has 1 fully saturated rings.